The molecule has 0 bridgehead atoms. The summed E-state index contributed by atoms with van der Waals surface area (Å²) >= 11 is 0. The van der Waals surface area contributed by atoms with Gasteiger partial charge in [-0.25, -0.2) is 0 Å². The number of hydrogen-bond donors (Lipinski definition) is 0. The maximum atomic E-state index is 12.8. The highest BCUT2D eigenvalue weighted by atomic mass is 16.6. The number of rotatable bonds is 51. The third kappa shape index (κ3) is 49.3. The minimum atomic E-state index is -0.760. The lowest BCUT2D eigenvalue weighted by Gasteiger charge is -2.18. The van der Waals surface area contributed by atoms with Crippen molar-refractivity contribution in [2.45, 2.75) is 322 Å². The fourth-order valence-corrected chi connectivity index (χ4v) is 8.45. The molecule has 0 aromatic rings. The Labute approximate surface area is 380 Å². The summed E-state index contributed by atoms with van der Waals surface area (Å²) in [7, 11) is 0. The van der Waals surface area contributed by atoms with Crippen LogP contribution in [-0.4, -0.2) is 37.2 Å². The van der Waals surface area contributed by atoms with Crippen LogP contribution in [0.15, 0.2) is 0 Å². The molecule has 0 N–H and O–H groups in total. The van der Waals surface area contributed by atoms with Crippen LogP contribution >= 0.6 is 0 Å². The highest BCUT2D eigenvalue weighted by Gasteiger charge is 2.19. The van der Waals surface area contributed by atoms with Crippen molar-refractivity contribution < 1.29 is 28.6 Å². The SMILES string of the molecule is CCCCCCCCCCCCCCCCCCC(=O)O[C@H](COC(=O)CCCCCCCCCCCCCC)COC(=O)CCCCCCCCCCCCCCCCC. The van der Waals surface area contributed by atoms with E-state index in [0.29, 0.717) is 19.3 Å². The van der Waals surface area contributed by atoms with Gasteiger partial charge in [0.2, 0.25) is 0 Å². The Morgan fingerprint density at radius 2 is 0.443 bits per heavy atom. The Hall–Kier alpha value is -1.59. The van der Waals surface area contributed by atoms with E-state index >= 15 is 0 Å². The molecule has 0 rings (SSSR count). The first kappa shape index (κ1) is 59.4. The van der Waals surface area contributed by atoms with Gasteiger partial charge in [-0.2, -0.15) is 0 Å². The number of hydrogen-bond acceptors (Lipinski definition) is 6. The lowest BCUT2D eigenvalue weighted by atomic mass is 10.0. The van der Waals surface area contributed by atoms with Crippen molar-refractivity contribution in [2.75, 3.05) is 13.2 Å². The zero-order chi connectivity index (χ0) is 44.4. The Kier molecular flexibility index (Phi) is 49.7. The van der Waals surface area contributed by atoms with E-state index < -0.39 is 6.10 Å². The summed E-state index contributed by atoms with van der Waals surface area (Å²) in [6, 6.07) is 0. The van der Waals surface area contributed by atoms with E-state index in [0.717, 1.165) is 57.8 Å². The van der Waals surface area contributed by atoms with Crippen LogP contribution < -0.4 is 0 Å². The largest absolute Gasteiger partial charge is 0.462 e. The number of ether oxygens (including phenoxy) is 3. The van der Waals surface area contributed by atoms with Crippen LogP contribution in [0.1, 0.15) is 316 Å². The molecule has 0 unspecified atom stereocenters. The van der Waals surface area contributed by atoms with Gasteiger partial charge in [0.1, 0.15) is 13.2 Å². The quantitative estimate of drug-likeness (QED) is 0.0344. The van der Waals surface area contributed by atoms with E-state index in [1.165, 1.54) is 218 Å². The topological polar surface area (TPSA) is 78.9 Å². The predicted octanol–water partition coefficient (Wildman–Crippen LogP) is 18.0. The second-order valence-electron chi connectivity index (χ2n) is 18.9. The Morgan fingerprint density at radius 3 is 0.656 bits per heavy atom. The summed E-state index contributed by atoms with van der Waals surface area (Å²) in [6.07, 6.45) is 55.1. The van der Waals surface area contributed by atoms with Crippen molar-refractivity contribution in [2.24, 2.45) is 0 Å². The molecule has 0 fully saturated rings. The molecule has 0 aliphatic heterocycles. The molecule has 362 valence electrons. The zero-order valence-corrected chi connectivity index (χ0v) is 41.5. The highest BCUT2D eigenvalue weighted by molar-refractivity contribution is 5.71. The summed E-state index contributed by atoms with van der Waals surface area (Å²) in [6.45, 7) is 6.69. The van der Waals surface area contributed by atoms with Gasteiger partial charge in [0.05, 0.1) is 0 Å². The minimum absolute atomic E-state index is 0.0614. The van der Waals surface area contributed by atoms with Gasteiger partial charge in [-0.3, -0.25) is 14.4 Å². The van der Waals surface area contributed by atoms with Crippen molar-refractivity contribution in [1.29, 1.82) is 0 Å². The first-order valence-corrected chi connectivity index (χ1v) is 27.5. The van der Waals surface area contributed by atoms with E-state index in [2.05, 4.69) is 20.8 Å². The molecule has 0 radical (unpaired) electrons. The van der Waals surface area contributed by atoms with Gasteiger partial charge < -0.3 is 14.2 Å². The van der Waals surface area contributed by atoms with E-state index in [1.54, 1.807) is 0 Å². The summed E-state index contributed by atoms with van der Waals surface area (Å²) in [5.74, 6) is -0.836. The third-order valence-electron chi connectivity index (χ3n) is 12.6. The molecule has 6 heteroatoms. The molecule has 0 saturated heterocycles. The monoisotopic (exact) mass is 863 g/mol. The van der Waals surface area contributed by atoms with E-state index in [4.69, 9.17) is 14.2 Å². The van der Waals surface area contributed by atoms with Gasteiger partial charge >= 0.3 is 17.9 Å². The van der Waals surface area contributed by atoms with Crippen molar-refractivity contribution in [1.82, 2.24) is 0 Å². The van der Waals surface area contributed by atoms with Gasteiger partial charge in [0.15, 0.2) is 6.10 Å². The number of esters is 3. The minimum Gasteiger partial charge on any atom is -0.462 e. The first-order chi connectivity index (χ1) is 30.0. The smallest absolute Gasteiger partial charge is 0.306 e. The molecule has 6 nitrogen and oxygen atoms in total. The summed E-state index contributed by atoms with van der Waals surface area (Å²) in [5.41, 5.74) is 0. The van der Waals surface area contributed by atoms with Crippen LogP contribution in [0.5, 0.6) is 0 Å². The third-order valence-corrected chi connectivity index (χ3v) is 12.6. The average Bonchev–Trinajstić information content (AvgIpc) is 3.26. The van der Waals surface area contributed by atoms with Crippen LogP contribution in [0.3, 0.4) is 0 Å². The van der Waals surface area contributed by atoms with Crippen LogP contribution in [0.4, 0.5) is 0 Å². The molecule has 61 heavy (non-hydrogen) atoms. The fraction of sp³-hybridized carbons (Fsp3) is 0.945. The molecular weight excluding hydrogens is 757 g/mol. The Morgan fingerprint density at radius 1 is 0.262 bits per heavy atom. The van der Waals surface area contributed by atoms with Crippen LogP contribution in [0.2, 0.25) is 0 Å². The Bertz CT molecular complexity index is 905. The molecule has 0 aromatic heterocycles. The summed E-state index contributed by atoms with van der Waals surface area (Å²) < 4.78 is 16.8. The van der Waals surface area contributed by atoms with Crippen molar-refractivity contribution in [3.63, 3.8) is 0 Å². The summed E-state index contributed by atoms with van der Waals surface area (Å²) in [4.78, 5) is 38.0. The predicted molar refractivity (Wildman–Crippen MR) is 261 cm³/mol. The van der Waals surface area contributed by atoms with Gasteiger partial charge in [-0.05, 0) is 19.3 Å². The number of unbranched alkanes of at least 4 members (excludes halogenated alkanes) is 40. The molecule has 0 amide bonds. The molecule has 1 atom stereocenters. The lowest BCUT2D eigenvalue weighted by molar-refractivity contribution is -0.167. The van der Waals surface area contributed by atoms with Crippen molar-refractivity contribution >= 4 is 17.9 Å². The molecule has 0 spiro atoms. The Balaban J connectivity index is 4.29. The maximum absolute atomic E-state index is 12.8. The fourth-order valence-electron chi connectivity index (χ4n) is 8.45. The molecule has 0 aliphatic carbocycles. The lowest BCUT2D eigenvalue weighted by Crippen LogP contribution is -2.30. The van der Waals surface area contributed by atoms with Crippen molar-refractivity contribution in [3.05, 3.63) is 0 Å². The molecule has 0 aliphatic rings. The molecule has 0 saturated carbocycles. The van der Waals surface area contributed by atoms with Crippen LogP contribution in [0.25, 0.3) is 0 Å². The zero-order valence-electron chi connectivity index (χ0n) is 41.5. The van der Waals surface area contributed by atoms with Gasteiger partial charge in [-0.1, -0.05) is 278 Å². The van der Waals surface area contributed by atoms with E-state index in [1.807, 2.05) is 0 Å². The normalized spacial score (nSPS) is 11.9. The van der Waals surface area contributed by atoms with E-state index in [9.17, 15) is 14.4 Å². The van der Waals surface area contributed by atoms with E-state index in [-0.39, 0.29) is 31.1 Å². The second-order valence-corrected chi connectivity index (χ2v) is 18.9. The van der Waals surface area contributed by atoms with Crippen molar-refractivity contribution in [3.8, 4) is 0 Å². The number of carbonyl (C=O) groups is 3. The van der Waals surface area contributed by atoms with Crippen LogP contribution in [-0.2, 0) is 28.6 Å². The van der Waals surface area contributed by atoms with Gasteiger partial charge in [0.25, 0.3) is 0 Å². The standard InChI is InChI=1S/C55H106O6/c1-4-7-10-13-16-19-22-25-27-29-31-34-37-40-43-46-49-55(58)61-52(50-59-53(56)47-44-41-38-35-32-24-21-18-15-12-9-6-3)51-60-54(57)48-45-42-39-36-33-30-28-26-23-20-17-14-11-8-5-2/h52H,4-51H2,1-3H3/t52-/m1/s1. The second kappa shape index (κ2) is 51.0. The highest BCUT2D eigenvalue weighted by Crippen LogP contribution is 2.17. The number of carbonyl (C=O) groups excluding carboxylic acids is 3. The van der Waals surface area contributed by atoms with Gasteiger partial charge in [0, 0.05) is 19.3 Å². The average molecular weight is 863 g/mol. The summed E-state index contributed by atoms with van der Waals surface area (Å²) in [5, 5.41) is 0. The maximum Gasteiger partial charge on any atom is 0.306 e. The molecule has 0 aromatic carbocycles. The molecular formula is C55H106O6. The first-order valence-electron chi connectivity index (χ1n) is 27.5. The van der Waals surface area contributed by atoms with Crippen LogP contribution in [0, 0.1) is 0 Å². The molecule has 0 heterocycles. The van der Waals surface area contributed by atoms with Gasteiger partial charge in [-0.15, -0.1) is 0 Å².